The van der Waals surface area contributed by atoms with Gasteiger partial charge in [-0.05, 0) is 11.4 Å². The summed E-state index contributed by atoms with van der Waals surface area (Å²) in [6.07, 6.45) is 0. The molecule has 0 fully saturated rings. The van der Waals surface area contributed by atoms with Gasteiger partial charge in [0.15, 0.2) is 5.82 Å². The predicted octanol–water partition coefficient (Wildman–Crippen LogP) is 1.68. The topological polar surface area (TPSA) is 29.9 Å². The number of hydrogen-bond acceptors (Lipinski definition) is 3. The summed E-state index contributed by atoms with van der Waals surface area (Å²) in [5.74, 6) is 0.962. The largest absolute Gasteiger partial charge is 0.371 e. The number of hydrogen-bond donors (Lipinski definition) is 1. The maximum Gasteiger partial charge on any atom is 0.156 e. The van der Waals surface area contributed by atoms with Crippen LogP contribution >= 0.6 is 11.3 Å². The molecule has 0 saturated carbocycles. The fourth-order valence-corrected chi connectivity index (χ4v) is 1.98. The Hall–Kier alpha value is -1.03. The molecule has 0 aliphatic carbocycles. The molecule has 0 aliphatic heterocycles. The summed E-state index contributed by atoms with van der Waals surface area (Å²) in [5, 5.41) is 10.6. The lowest BCUT2D eigenvalue weighted by molar-refractivity contribution is 0.805. The number of fused-ring (bicyclic) bond motifs is 1. The molecule has 2 heterocycles. The van der Waals surface area contributed by atoms with Crippen molar-refractivity contribution in [2.75, 3.05) is 12.4 Å². The minimum atomic E-state index is 0.962. The molecule has 0 bridgehead atoms. The molecule has 0 aliphatic rings. The number of nitrogens with one attached hydrogen (secondary N) is 1. The van der Waals surface area contributed by atoms with Crippen molar-refractivity contribution in [3.8, 4) is 0 Å². The summed E-state index contributed by atoms with van der Waals surface area (Å²) in [5.41, 5.74) is 0. The summed E-state index contributed by atoms with van der Waals surface area (Å²) in [6.45, 7) is 0. The Morgan fingerprint density at radius 2 is 2.45 bits per heavy atom. The number of anilines is 1. The Balaban J connectivity index is 2.80. The van der Waals surface area contributed by atoms with E-state index in [1.54, 1.807) is 11.3 Å². The van der Waals surface area contributed by atoms with Crippen molar-refractivity contribution in [2.45, 2.75) is 0 Å². The average molecular weight is 167 g/mol. The SMILES string of the molecule is CNc1nn(C)c2sccc12. The highest BCUT2D eigenvalue weighted by Gasteiger charge is 2.06. The quantitative estimate of drug-likeness (QED) is 0.700. The Kier molecular flexibility index (Phi) is 1.35. The summed E-state index contributed by atoms with van der Waals surface area (Å²) in [6, 6.07) is 2.08. The number of thiophene rings is 1. The zero-order valence-corrected chi connectivity index (χ0v) is 7.27. The Bertz CT molecular complexity index is 374. The highest BCUT2D eigenvalue weighted by atomic mass is 32.1. The molecular formula is C7H9N3S. The molecule has 3 nitrogen and oxygen atoms in total. The van der Waals surface area contributed by atoms with Crippen molar-refractivity contribution in [3.63, 3.8) is 0 Å². The van der Waals surface area contributed by atoms with Gasteiger partial charge in [-0.2, -0.15) is 5.10 Å². The standard InChI is InChI=1S/C7H9N3S/c1-8-6-5-3-4-11-7(5)10(2)9-6/h3-4H,1-2H3,(H,8,9). The second-order valence-corrected chi connectivity index (χ2v) is 3.26. The van der Waals surface area contributed by atoms with Gasteiger partial charge in [0.25, 0.3) is 0 Å². The van der Waals surface area contributed by atoms with Gasteiger partial charge in [-0.3, -0.25) is 4.68 Å². The van der Waals surface area contributed by atoms with Crippen LogP contribution in [0.2, 0.25) is 0 Å². The van der Waals surface area contributed by atoms with E-state index in [2.05, 4.69) is 21.9 Å². The third kappa shape index (κ3) is 0.826. The minimum absolute atomic E-state index is 0.962. The van der Waals surface area contributed by atoms with Gasteiger partial charge in [-0.1, -0.05) is 0 Å². The molecule has 11 heavy (non-hydrogen) atoms. The molecule has 2 aromatic rings. The first-order valence-corrected chi connectivity index (χ1v) is 4.29. The summed E-state index contributed by atoms with van der Waals surface area (Å²) in [4.78, 5) is 1.22. The van der Waals surface area contributed by atoms with Gasteiger partial charge in [-0.25, -0.2) is 0 Å². The van der Waals surface area contributed by atoms with Gasteiger partial charge in [0.2, 0.25) is 0 Å². The van der Waals surface area contributed by atoms with Crippen LogP contribution in [-0.4, -0.2) is 16.8 Å². The van der Waals surface area contributed by atoms with Gasteiger partial charge in [0.05, 0.1) is 5.39 Å². The molecule has 58 valence electrons. The van der Waals surface area contributed by atoms with Crippen molar-refractivity contribution in [2.24, 2.45) is 7.05 Å². The van der Waals surface area contributed by atoms with Gasteiger partial charge in [0, 0.05) is 14.1 Å². The van der Waals surface area contributed by atoms with E-state index in [0.29, 0.717) is 0 Å². The highest BCUT2D eigenvalue weighted by Crippen LogP contribution is 2.26. The monoisotopic (exact) mass is 167 g/mol. The predicted molar refractivity (Wildman–Crippen MR) is 48.1 cm³/mol. The van der Waals surface area contributed by atoms with E-state index in [0.717, 1.165) is 5.82 Å². The van der Waals surface area contributed by atoms with Gasteiger partial charge in [-0.15, -0.1) is 11.3 Å². The van der Waals surface area contributed by atoms with Crippen molar-refractivity contribution in [1.82, 2.24) is 9.78 Å². The Morgan fingerprint density at radius 3 is 3.18 bits per heavy atom. The molecule has 0 unspecified atom stereocenters. The van der Waals surface area contributed by atoms with Gasteiger partial charge in [0.1, 0.15) is 4.83 Å². The molecule has 0 atom stereocenters. The van der Waals surface area contributed by atoms with Crippen LogP contribution in [0.4, 0.5) is 5.82 Å². The van der Waals surface area contributed by atoms with Crippen LogP contribution < -0.4 is 5.32 Å². The second-order valence-electron chi connectivity index (χ2n) is 2.36. The number of nitrogens with zero attached hydrogens (tertiary/aromatic N) is 2. The van der Waals surface area contributed by atoms with Crippen LogP contribution in [-0.2, 0) is 7.05 Å². The fourth-order valence-electron chi connectivity index (χ4n) is 1.17. The van der Waals surface area contributed by atoms with Gasteiger partial charge < -0.3 is 5.32 Å². The van der Waals surface area contributed by atoms with E-state index in [1.165, 1.54) is 10.2 Å². The number of aryl methyl sites for hydroxylation is 1. The van der Waals surface area contributed by atoms with E-state index < -0.39 is 0 Å². The van der Waals surface area contributed by atoms with Crippen LogP contribution in [0.3, 0.4) is 0 Å². The second kappa shape index (κ2) is 2.23. The first-order chi connectivity index (χ1) is 5.33. The molecule has 0 radical (unpaired) electrons. The van der Waals surface area contributed by atoms with Crippen LogP contribution in [0.5, 0.6) is 0 Å². The molecule has 0 spiro atoms. The van der Waals surface area contributed by atoms with E-state index in [9.17, 15) is 0 Å². The zero-order valence-electron chi connectivity index (χ0n) is 6.46. The maximum atomic E-state index is 4.28. The molecule has 2 rings (SSSR count). The van der Waals surface area contributed by atoms with Crippen LogP contribution in [0.15, 0.2) is 11.4 Å². The first kappa shape index (κ1) is 6.67. The van der Waals surface area contributed by atoms with Crippen molar-refractivity contribution in [3.05, 3.63) is 11.4 Å². The third-order valence-corrected chi connectivity index (χ3v) is 2.66. The molecule has 1 N–H and O–H groups in total. The lowest BCUT2D eigenvalue weighted by atomic mass is 10.4. The van der Waals surface area contributed by atoms with E-state index in [1.807, 2.05) is 18.8 Å². The van der Waals surface area contributed by atoms with Crippen LogP contribution in [0, 0.1) is 0 Å². The molecule has 2 aromatic heterocycles. The normalized spacial score (nSPS) is 10.7. The fraction of sp³-hybridized carbons (Fsp3) is 0.286. The Labute approximate surface area is 68.6 Å². The number of rotatable bonds is 1. The molecule has 0 amide bonds. The van der Waals surface area contributed by atoms with Crippen LogP contribution in [0.1, 0.15) is 0 Å². The average Bonchev–Trinajstić information content (AvgIpc) is 2.54. The zero-order chi connectivity index (χ0) is 7.84. The summed E-state index contributed by atoms with van der Waals surface area (Å²) in [7, 11) is 3.85. The number of aromatic nitrogens is 2. The van der Waals surface area contributed by atoms with Gasteiger partial charge >= 0.3 is 0 Å². The van der Waals surface area contributed by atoms with Crippen molar-refractivity contribution >= 4 is 27.4 Å². The first-order valence-electron chi connectivity index (χ1n) is 3.41. The lowest BCUT2D eigenvalue weighted by Gasteiger charge is -1.89. The molecule has 0 aromatic carbocycles. The summed E-state index contributed by atoms with van der Waals surface area (Å²) >= 11 is 1.71. The third-order valence-electron chi connectivity index (χ3n) is 1.68. The van der Waals surface area contributed by atoms with E-state index in [-0.39, 0.29) is 0 Å². The van der Waals surface area contributed by atoms with Crippen LogP contribution in [0.25, 0.3) is 10.2 Å². The van der Waals surface area contributed by atoms with E-state index in [4.69, 9.17) is 0 Å². The minimum Gasteiger partial charge on any atom is -0.371 e. The molecule has 4 heteroatoms. The van der Waals surface area contributed by atoms with Crippen molar-refractivity contribution < 1.29 is 0 Å². The maximum absolute atomic E-state index is 4.28. The molecule has 0 saturated heterocycles. The van der Waals surface area contributed by atoms with E-state index >= 15 is 0 Å². The highest BCUT2D eigenvalue weighted by molar-refractivity contribution is 7.16. The Morgan fingerprint density at radius 1 is 1.64 bits per heavy atom. The lowest BCUT2D eigenvalue weighted by Crippen LogP contribution is -1.92. The smallest absolute Gasteiger partial charge is 0.156 e. The molecular weight excluding hydrogens is 158 g/mol. The van der Waals surface area contributed by atoms with Crippen molar-refractivity contribution in [1.29, 1.82) is 0 Å². The summed E-state index contributed by atoms with van der Waals surface area (Å²) < 4.78 is 1.89.